The Morgan fingerprint density at radius 2 is 2.11 bits per heavy atom. The Morgan fingerprint density at radius 1 is 1.39 bits per heavy atom. The molecule has 0 radical (unpaired) electrons. The first-order chi connectivity index (χ1) is 8.51. The van der Waals surface area contributed by atoms with Crippen molar-refractivity contribution < 1.29 is 4.79 Å². The number of nitrogens with two attached hydrogens (primary N) is 1. The Balaban J connectivity index is 2.35. The van der Waals surface area contributed by atoms with Gasteiger partial charge in [0, 0.05) is 30.4 Å². The molecule has 0 aliphatic carbocycles. The first-order valence-corrected chi connectivity index (χ1v) is 6.41. The molecule has 4 N–H and O–H groups in total. The summed E-state index contributed by atoms with van der Waals surface area (Å²) < 4.78 is 0. The van der Waals surface area contributed by atoms with Crippen LogP contribution in [0.15, 0.2) is 18.2 Å². The number of benzene rings is 1. The molecule has 1 unspecified atom stereocenters. The predicted molar refractivity (Wildman–Crippen MR) is 76.6 cm³/mol. The van der Waals surface area contributed by atoms with Crippen LogP contribution in [0.25, 0.3) is 0 Å². The van der Waals surface area contributed by atoms with E-state index in [1.54, 1.807) is 0 Å². The summed E-state index contributed by atoms with van der Waals surface area (Å²) in [5.41, 5.74) is 8.57. The summed E-state index contributed by atoms with van der Waals surface area (Å²) >= 11 is 0. The van der Waals surface area contributed by atoms with Crippen LogP contribution in [0.3, 0.4) is 0 Å². The van der Waals surface area contributed by atoms with Crippen LogP contribution in [-0.2, 0) is 4.79 Å². The number of hydrogen-bond donors (Lipinski definition) is 3. The fourth-order valence-electron chi connectivity index (χ4n) is 1.68. The van der Waals surface area contributed by atoms with Crippen LogP contribution in [0.4, 0.5) is 11.4 Å². The molecule has 1 atom stereocenters. The predicted octanol–water partition coefficient (Wildman–Crippen LogP) is 2.29. The van der Waals surface area contributed by atoms with Crippen molar-refractivity contribution in [3.63, 3.8) is 0 Å². The van der Waals surface area contributed by atoms with Crippen molar-refractivity contribution in [1.29, 1.82) is 0 Å². The number of hydrogen-bond acceptors (Lipinski definition) is 3. The van der Waals surface area contributed by atoms with Crippen molar-refractivity contribution in [3.05, 3.63) is 23.8 Å². The number of nitrogen functional groups attached to an aromatic ring is 1. The van der Waals surface area contributed by atoms with E-state index in [0.717, 1.165) is 23.4 Å². The summed E-state index contributed by atoms with van der Waals surface area (Å²) in [6, 6.07) is 6.05. The standard InChI is InChI=1S/C14H23N3O/c1-4-11(3)17-14(18)5-6-16-13-8-10(2)7-12(15)9-13/h7-9,11,16H,4-6,15H2,1-3H3,(H,17,18). The van der Waals surface area contributed by atoms with Crippen molar-refractivity contribution in [1.82, 2.24) is 5.32 Å². The first-order valence-electron chi connectivity index (χ1n) is 6.41. The maximum Gasteiger partial charge on any atom is 0.221 e. The fraction of sp³-hybridized carbons (Fsp3) is 0.500. The number of aryl methyl sites for hydroxylation is 1. The third-order valence-corrected chi connectivity index (χ3v) is 2.80. The molecule has 0 bridgehead atoms. The summed E-state index contributed by atoms with van der Waals surface area (Å²) in [5, 5.41) is 6.14. The Morgan fingerprint density at radius 3 is 2.72 bits per heavy atom. The van der Waals surface area contributed by atoms with E-state index in [1.165, 1.54) is 0 Å². The molecule has 0 saturated carbocycles. The van der Waals surface area contributed by atoms with E-state index in [4.69, 9.17) is 5.73 Å². The Kier molecular flexibility index (Phi) is 5.49. The zero-order valence-electron chi connectivity index (χ0n) is 11.4. The smallest absolute Gasteiger partial charge is 0.221 e. The van der Waals surface area contributed by atoms with Gasteiger partial charge in [-0.2, -0.15) is 0 Å². The van der Waals surface area contributed by atoms with Crippen LogP contribution in [-0.4, -0.2) is 18.5 Å². The Bertz CT molecular complexity index is 384. The second-order valence-corrected chi connectivity index (χ2v) is 4.69. The number of carbonyl (C=O) groups is 1. The van der Waals surface area contributed by atoms with Gasteiger partial charge in [0.05, 0.1) is 0 Å². The van der Waals surface area contributed by atoms with Crippen molar-refractivity contribution in [2.75, 3.05) is 17.6 Å². The van der Waals surface area contributed by atoms with E-state index >= 15 is 0 Å². The topological polar surface area (TPSA) is 67.2 Å². The maximum atomic E-state index is 11.6. The van der Waals surface area contributed by atoms with E-state index in [2.05, 4.69) is 17.6 Å². The summed E-state index contributed by atoms with van der Waals surface area (Å²) in [6.45, 7) is 6.67. The lowest BCUT2D eigenvalue weighted by Crippen LogP contribution is -2.32. The molecule has 18 heavy (non-hydrogen) atoms. The van der Waals surface area contributed by atoms with Gasteiger partial charge in [0.15, 0.2) is 0 Å². The average Bonchev–Trinajstić information content (AvgIpc) is 2.27. The molecule has 0 spiro atoms. The number of amides is 1. The first kappa shape index (κ1) is 14.4. The van der Waals surface area contributed by atoms with Crippen LogP contribution in [0.1, 0.15) is 32.3 Å². The van der Waals surface area contributed by atoms with Crippen molar-refractivity contribution in [2.45, 2.75) is 39.7 Å². The summed E-state index contributed by atoms with van der Waals surface area (Å²) in [7, 11) is 0. The van der Waals surface area contributed by atoms with Crippen LogP contribution < -0.4 is 16.4 Å². The van der Waals surface area contributed by atoms with Crippen LogP contribution >= 0.6 is 0 Å². The number of rotatable bonds is 6. The molecule has 0 heterocycles. The van der Waals surface area contributed by atoms with Crippen LogP contribution in [0.5, 0.6) is 0 Å². The van der Waals surface area contributed by atoms with E-state index in [0.29, 0.717) is 13.0 Å². The largest absolute Gasteiger partial charge is 0.399 e. The zero-order chi connectivity index (χ0) is 13.5. The number of anilines is 2. The molecule has 100 valence electrons. The molecule has 4 heteroatoms. The highest BCUT2D eigenvalue weighted by Crippen LogP contribution is 2.15. The third-order valence-electron chi connectivity index (χ3n) is 2.80. The van der Waals surface area contributed by atoms with Gasteiger partial charge in [0.2, 0.25) is 5.91 Å². The monoisotopic (exact) mass is 249 g/mol. The lowest BCUT2D eigenvalue weighted by Gasteiger charge is -2.12. The molecule has 1 amide bonds. The van der Waals surface area contributed by atoms with Gasteiger partial charge in [-0.05, 0) is 44.0 Å². The molecule has 1 aromatic rings. The highest BCUT2D eigenvalue weighted by Gasteiger charge is 2.04. The minimum Gasteiger partial charge on any atom is -0.399 e. The van der Waals surface area contributed by atoms with Gasteiger partial charge in [-0.3, -0.25) is 4.79 Å². The number of carbonyl (C=O) groups excluding carboxylic acids is 1. The average molecular weight is 249 g/mol. The van der Waals surface area contributed by atoms with Crippen LogP contribution in [0, 0.1) is 6.92 Å². The SMILES string of the molecule is CCC(C)NC(=O)CCNc1cc(C)cc(N)c1. The Hall–Kier alpha value is -1.71. The normalized spacial score (nSPS) is 11.9. The quantitative estimate of drug-likeness (QED) is 0.678. The van der Waals surface area contributed by atoms with Crippen LogP contribution in [0.2, 0.25) is 0 Å². The summed E-state index contributed by atoms with van der Waals surface area (Å²) in [4.78, 5) is 11.6. The molecule has 1 aromatic carbocycles. The molecule has 1 rings (SSSR count). The highest BCUT2D eigenvalue weighted by molar-refractivity contribution is 5.76. The molecule has 0 aliphatic heterocycles. The van der Waals surface area contributed by atoms with Crippen molar-refractivity contribution in [2.24, 2.45) is 0 Å². The van der Waals surface area contributed by atoms with E-state index < -0.39 is 0 Å². The third kappa shape index (κ3) is 5.08. The lowest BCUT2D eigenvalue weighted by molar-refractivity contribution is -0.121. The number of nitrogens with one attached hydrogen (secondary N) is 2. The molecule has 0 aromatic heterocycles. The molecule has 4 nitrogen and oxygen atoms in total. The molecular formula is C14H23N3O. The van der Waals surface area contributed by atoms with Crippen molar-refractivity contribution in [3.8, 4) is 0 Å². The highest BCUT2D eigenvalue weighted by atomic mass is 16.1. The van der Waals surface area contributed by atoms with Gasteiger partial charge in [0.25, 0.3) is 0 Å². The molecular weight excluding hydrogens is 226 g/mol. The van der Waals surface area contributed by atoms with E-state index in [1.807, 2.05) is 32.0 Å². The minimum absolute atomic E-state index is 0.0810. The second kappa shape index (κ2) is 6.89. The zero-order valence-corrected chi connectivity index (χ0v) is 11.4. The van der Waals surface area contributed by atoms with Gasteiger partial charge < -0.3 is 16.4 Å². The van der Waals surface area contributed by atoms with Gasteiger partial charge in [-0.25, -0.2) is 0 Å². The van der Waals surface area contributed by atoms with Gasteiger partial charge >= 0.3 is 0 Å². The van der Waals surface area contributed by atoms with E-state index in [-0.39, 0.29) is 11.9 Å². The lowest BCUT2D eigenvalue weighted by atomic mass is 10.2. The molecule has 0 aliphatic rings. The molecule has 0 fully saturated rings. The van der Waals surface area contributed by atoms with E-state index in [9.17, 15) is 4.79 Å². The van der Waals surface area contributed by atoms with Gasteiger partial charge in [-0.15, -0.1) is 0 Å². The van der Waals surface area contributed by atoms with Gasteiger partial charge in [0.1, 0.15) is 0 Å². The van der Waals surface area contributed by atoms with Gasteiger partial charge in [-0.1, -0.05) is 6.92 Å². The summed E-state index contributed by atoms with van der Waals surface area (Å²) in [5.74, 6) is 0.0810. The minimum atomic E-state index is 0.0810. The second-order valence-electron chi connectivity index (χ2n) is 4.69. The molecule has 0 saturated heterocycles. The summed E-state index contributed by atoms with van der Waals surface area (Å²) in [6.07, 6.45) is 1.42. The maximum absolute atomic E-state index is 11.6. The Labute approximate surface area is 109 Å². The fourth-order valence-corrected chi connectivity index (χ4v) is 1.68. The van der Waals surface area contributed by atoms with Crippen molar-refractivity contribution >= 4 is 17.3 Å².